The molecule has 1 aromatic carbocycles. The van der Waals surface area contributed by atoms with E-state index in [9.17, 15) is 0 Å². The van der Waals surface area contributed by atoms with E-state index in [1.54, 1.807) is 6.08 Å². The lowest BCUT2D eigenvalue weighted by Crippen LogP contribution is -1.81. The lowest BCUT2D eigenvalue weighted by Gasteiger charge is -1.95. The van der Waals surface area contributed by atoms with Gasteiger partial charge in [0.1, 0.15) is 4.49 Å². The van der Waals surface area contributed by atoms with Gasteiger partial charge in [0.15, 0.2) is 0 Å². The van der Waals surface area contributed by atoms with E-state index in [1.165, 1.54) is 5.56 Å². The highest BCUT2D eigenvalue weighted by atomic mass is 35.5. The zero-order valence-corrected chi connectivity index (χ0v) is 8.28. The van der Waals surface area contributed by atoms with Crippen molar-refractivity contribution in [3.05, 3.63) is 46.0 Å². The molecule has 0 aliphatic rings. The fraction of sp³-hybridized carbons (Fsp3) is 0.200. The summed E-state index contributed by atoms with van der Waals surface area (Å²) in [4.78, 5) is 0. The first-order valence-corrected chi connectivity index (χ1v) is 4.42. The zero-order chi connectivity index (χ0) is 8.97. The SMILES string of the molecule is Cc1[c]cc(CC=C(Cl)Cl)cc1. The molecule has 0 aliphatic carbocycles. The van der Waals surface area contributed by atoms with Crippen LogP contribution in [0.4, 0.5) is 0 Å². The molecular weight excluding hydrogens is 191 g/mol. The summed E-state index contributed by atoms with van der Waals surface area (Å²) in [6.07, 6.45) is 2.53. The minimum atomic E-state index is 0.315. The van der Waals surface area contributed by atoms with Gasteiger partial charge in [-0.25, -0.2) is 0 Å². The summed E-state index contributed by atoms with van der Waals surface area (Å²) in [6.45, 7) is 2.01. The van der Waals surface area contributed by atoms with Gasteiger partial charge in [-0.3, -0.25) is 0 Å². The first-order chi connectivity index (χ1) is 5.68. The standard InChI is InChI=1S/C10H9Cl2/c1-8-2-4-9(5-3-8)6-7-10(11)12/h2,4-5,7H,6H2,1H3. The molecule has 0 saturated carbocycles. The maximum atomic E-state index is 5.48. The van der Waals surface area contributed by atoms with E-state index in [1.807, 2.05) is 25.1 Å². The molecule has 2 heteroatoms. The van der Waals surface area contributed by atoms with Gasteiger partial charge >= 0.3 is 0 Å². The monoisotopic (exact) mass is 199 g/mol. The van der Waals surface area contributed by atoms with Crippen molar-refractivity contribution in [2.45, 2.75) is 13.3 Å². The van der Waals surface area contributed by atoms with E-state index >= 15 is 0 Å². The summed E-state index contributed by atoms with van der Waals surface area (Å²) in [5, 5.41) is 0. The Morgan fingerprint density at radius 1 is 1.50 bits per heavy atom. The Morgan fingerprint density at radius 2 is 2.25 bits per heavy atom. The Kier molecular flexibility index (Phi) is 3.64. The number of hydrogen-bond acceptors (Lipinski definition) is 0. The smallest absolute Gasteiger partial charge is 0.0712 e. The van der Waals surface area contributed by atoms with Gasteiger partial charge in [-0.2, -0.15) is 0 Å². The van der Waals surface area contributed by atoms with E-state index in [0.717, 1.165) is 12.0 Å². The average molecular weight is 200 g/mol. The fourth-order valence-electron chi connectivity index (χ4n) is 0.857. The minimum Gasteiger partial charge on any atom is -0.0712 e. The number of rotatable bonds is 2. The summed E-state index contributed by atoms with van der Waals surface area (Å²) in [5.74, 6) is 0. The topological polar surface area (TPSA) is 0 Å². The molecule has 1 rings (SSSR count). The summed E-state index contributed by atoms with van der Waals surface area (Å²) in [5.41, 5.74) is 2.30. The van der Waals surface area contributed by atoms with Crippen molar-refractivity contribution < 1.29 is 0 Å². The van der Waals surface area contributed by atoms with Crippen LogP contribution in [0.2, 0.25) is 0 Å². The van der Waals surface area contributed by atoms with Gasteiger partial charge in [-0.15, -0.1) is 0 Å². The van der Waals surface area contributed by atoms with Crippen molar-refractivity contribution in [1.82, 2.24) is 0 Å². The summed E-state index contributed by atoms with van der Waals surface area (Å²) in [6, 6.07) is 9.12. The molecule has 0 fully saturated rings. The molecule has 0 spiro atoms. The predicted octanol–water partition coefficient (Wildman–Crippen LogP) is 3.66. The molecule has 0 bridgehead atoms. The molecule has 12 heavy (non-hydrogen) atoms. The quantitative estimate of drug-likeness (QED) is 0.683. The summed E-state index contributed by atoms with van der Waals surface area (Å²) < 4.78 is 0.315. The number of aryl methyl sites for hydroxylation is 1. The Bertz CT molecular complexity index is 268. The Labute approximate surface area is 82.8 Å². The van der Waals surface area contributed by atoms with Crippen LogP contribution in [0.3, 0.4) is 0 Å². The van der Waals surface area contributed by atoms with Crippen LogP contribution in [-0.2, 0) is 6.42 Å². The third kappa shape index (κ3) is 3.29. The highest BCUT2D eigenvalue weighted by Gasteiger charge is 1.90. The lowest BCUT2D eigenvalue weighted by atomic mass is 10.1. The second-order valence-electron chi connectivity index (χ2n) is 2.58. The molecular formula is C10H9Cl2. The summed E-state index contributed by atoms with van der Waals surface area (Å²) >= 11 is 11.0. The minimum absolute atomic E-state index is 0.315. The Morgan fingerprint density at radius 3 is 2.75 bits per heavy atom. The molecule has 0 nitrogen and oxygen atoms in total. The number of halogens is 2. The Hall–Kier alpha value is -0.460. The Balaban J connectivity index is 2.65. The number of hydrogen-bond donors (Lipinski definition) is 0. The van der Waals surface area contributed by atoms with Gasteiger partial charge < -0.3 is 0 Å². The third-order valence-electron chi connectivity index (χ3n) is 1.52. The van der Waals surface area contributed by atoms with E-state index in [2.05, 4.69) is 6.07 Å². The number of allylic oxidation sites excluding steroid dienone is 1. The van der Waals surface area contributed by atoms with E-state index in [0.29, 0.717) is 4.49 Å². The molecule has 0 N–H and O–H groups in total. The number of benzene rings is 1. The maximum absolute atomic E-state index is 5.48. The lowest BCUT2D eigenvalue weighted by molar-refractivity contribution is 1.25. The van der Waals surface area contributed by atoms with Crippen molar-refractivity contribution in [3.8, 4) is 0 Å². The summed E-state index contributed by atoms with van der Waals surface area (Å²) in [7, 11) is 0. The van der Waals surface area contributed by atoms with E-state index in [-0.39, 0.29) is 0 Å². The molecule has 0 saturated heterocycles. The molecule has 0 aliphatic heterocycles. The van der Waals surface area contributed by atoms with Crippen LogP contribution in [-0.4, -0.2) is 0 Å². The fourth-order valence-corrected chi connectivity index (χ4v) is 1.01. The van der Waals surface area contributed by atoms with Gasteiger partial charge in [-0.05, 0) is 36.6 Å². The predicted molar refractivity (Wildman–Crippen MR) is 53.5 cm³/mol. The van der Waals surface area contributed by atoms with Gasteiger partial charge in [0.25, 0.3) is 0 Å². The molecule has 0 atom stereocenters. The van der Waals surface area contributed by atoms with Crippen LogP contribution < -0.4 is 0 Å². The average Bonchev–Trinajstić information content (AvgIpc) is 2.03. The molecule has 0 unspecified atom stereocenters. The first-order valence-electron chi connectivity index (χ1n) is 3.67. The van der Waals surface area contributed by atoms with Crippen molar-refractivity contribution in [2.24, 2.45) is 0 Å². The van der Waals surface area contributed by atoms with Crippen LogP contribution in [0, 0.1) is 13.0 Å². The van der Waals surface area contributed by atoms with Crippen molar-refractivity contribution in [3.63, 3.8) is 0 Å². The van der Waals surface area contributed by atoms with Gasteiger partial charge in [0, 0.05) is 0 Å². The van der Waals surface area contributed by atoms with Gasteiger partial charge in [0.2, 0.25) is 0 Å². The normalized spacial score (nSPS) is 9.58. The first kappa shape index (κ1) is 9.63. The molecule has 0 amide bonds. The second kappa shape index (κ2) is 4.54. The molecule has 1 aromatic rings. The van der Waals surface area contributed by atoms with E-state index in [4.69, 9.17) is 23.2 Å². The molecule has 1 radical (unpaired) electrons. The molecule has 0 aromatic heterocycles. The van der Waals surface area contributed by atoms with Crippen LogP contribution in [0.5, 0.6) is 0 Å². The van der Waals surface area contributed by atoms with Crippen molar-refractivity contribution >= 4 is 23.2 Å². The van der Waals surface area contributed by atoms with Gasteiger partial charge in [0.05, 0.1) is 0 Å². The van der Waals surface area contributed by atoms with E-state index < -0.39 is 0 Å². The van der Waals surface area contributed by atoms with Crippen LogP contribution in [0.1, 0.15) is 11.1 Å². The highest BCUT2D eigenvalue weighted by Crippen LogP contribution is 2.10. The van der Waals surface area contributed by atoms with Gasteiger partial charge in [-0.1, -0.05) is 41.4 Å². The van der Waals surface area contributed by atoms with Crippen molar-refractivity contribution in [1.29, 1.82) is 0 Å². The van der Waals surface area contributed by atoms with Crippen molar-refractivity contribution in [2.75, 3.05) is 0 Å². The zero-order valence-electron chi connectivity index (χ0n) is 6.77. The van der Waals surface area contributed by atoms with Crippen LogP contribution in [0.15, 0.2) is 28.8 Å². The third-order valence-corrected chi connectivity index (χ3v) is 1.83. The molecule has 63 valence electrons. The maximum Gasteiger partial charge on any atom is 0.103 e. The molecule has 0 heterocycles. The highest BCUT2D eigenvalue weighted by molar-refractivity contribution is 6.55. The van der Waals surface area contributed by atoms with Crippen LogP contribution >= 0.6 is 23.2 Å². The second-order valence-corrected chi connectivity index (χ2v) is 3.59. The largest absolute Gasteiger partial charge is 0.103 e. The van der Waals surface area contributed by atoms with Crippen LogP contribution in [0.25, 0.3) is 0 Å².